The Morgan fingerprint density at radius 3 is 3.00 bits per heavy atom. The molecule has 140 valence electrons. The third kappa shape index (κ3) is 3.55. The van der Waals surface area contributed by atoms with E-state index in [4.69, 9.17) is 4.42 Å². The maximum absolute atomic E-state index is 13.0. The number of furan rings is 1. The highest BCUT2D eigenvalue weighted by molar-refractivity contribution is 7.97. The minimum Gasteiger partial charge on any atom is -0.455 e. The monoisotopic (exact) mass is 374 g/mol. The Labute approximate surface area is 158 Å². The van der Waals surface area contributed by atoms with Crippen molar-refractivity contribution in [3.63, 3.8) is 0 Å². The van der Waals surface area contributed by atoms with Crippen molar-refractivity contribution in [1.29, 1.82) is 0 Å². The van der Waals surface area contributed by atoms with E-state index in [2.05, 4.69) is 21.8 Å². The molecule has 5 rings (SSSR count). The second-order valence-corrected chi connectivity index (χ2v) is 8.29. The molecule has 6 nitrogen and oxygen atoms in total. The van der Waals surface area contributed by atoms with Crippen LogP contribution in [0.3, 0.4) is 0 Å². The Hall–Kier alpha value is -1.73. The van der Waals surface area contributed by atoms with Gasteiger partial charge in [-0.3, -0.25) is 9.69 Å². The predicted molar refractivity (Wildman–Crippen MR) is 102 cm³/mol. The zero-order chi connectivity index (χ0) is 18.1. The average molecular weight is 375 g/mol. The molecule has 2 atom stereocenters. The molecule has 1 N–H and O–H groups in total. The highest BCUT2D eigenvalue weighted by Crippen LogP contribution is 2.30. The van der Waals surface area contributed by atoms with Crippen LogP contribution in [0.4, 0.5) is 0 Å². The van der Waals surface area contributed by atoms with Gasteiger partial charge in [0.2, 0.25) is 0 Å². The number of carbonyl (C=O) groups excluding carboxylic acids is 1. The van der Waals surface area contributed by atoms with Crippen molar-refractivity contribution in [2.24, 2.45) is 5.92 Å². The van der Waals surface area contributed by atoms with Crippen molar-refractivity contribution in [2.45, 2.75) is 38.1 Å². The molecule has 0 unspecified atom stereocenters. The van der Waals surface area contributed by atoms with Crippen molar-refractivity contribution < 1.29 is 9.21 Å². The number of thioether (sulfide) groups is 1. The Morgan fingerprint density at radius 1 is 1.35 bits per heavy atom. The normalized spacial score (nSPS) is 23.4. The van der Waals surface area contributed by atoms with Gasteiger partial charge in [-0.15, -0.1) is 0 Å². The molecule has 26 heavy (non-hydrogen) atoms. The van der Waals surface area contributed by atoms with Crippen LogP contribution in [-0.2, 0) is 12.3 Å². The first-order valence-electron chi connectivity index (χ1n) is 9.24. The van der Waals surface area contributed by atoms with Crippen LogP contribution in [0, 0.1) is 12.8 Å². The number of H-pyrrole nitrogens is 1. The lowest BCUT2D eigenvalue weighted by Crippen LogP contribution is -2.47. The summed E-state index contributed by atoms with van der Waals surface area (Å²) in [5.74, 6) is 2.73. The second-order valence-electron chi connectivity index (χ2n) is 7.42. The molecule has 3 saturated heterocycles. The summed E-state index contributed by atoms with van der Waals surface area (Å²) in [5, 5.41) is 0. The van der Waals surface area contributed by atoms with Gasteiger partial charge in [0.05, 0.1) is 17.8 Å². The quantitative estimate of drug-likeness (QED) is 0.872. The van der Waals surface area contributed by atoms with Crippen LogP contribution in [0.1, 0.15) is 40.5 Å². The number of rotatable bonds is 5. The first-order valence-corrected chi connectivity index (χ1v) is 10.6. The third-order valence-electron chi connectivity index (χ3n) is 5.52. The summed E-state index contributed by atoms with van der Waals surface area (Å²) >= 11 is 1.70. The van der Waals surface area contributed by atoms with Crippen molar-refractivity contribution in [2.75, 3.05) is 25.9 Å². The number of fused-ring (bicyclic) bond motifs is 4. The minimum absolute atomic E-state index is 0.0462. The van der Waals surface area contributed by atoms with Crippen molar-refractivity contribution in [1.82, 2.24) is 19.8 Å². The van der Waals surface area contributed by atoms with E-state index in [1.54, 1.807) is 18.1 Å². The Balaban J connectivity index is 1.47. The summed E-state index contributed by atoms with van der Waals surface area (Å²) in [6.07, 6.45) is 6.06. The average Bonchev–Trinajstić information content (AvgIpc) is 3.15. The van der Waals surface area contributed by atoms with Crippen molar-refractivity contribution >= 4 is 17.7 Å². The number of piperidine rings is 1. The fourth-order valence-corrected chi connectivity index (χ4v) is 4.61. The number of nitrogens with one attached hydrogen (secondary N) is 1. The standard InChI is InChI=1S/C19H26N4O2S/c1-13-17(21-12-20-13)10-22-7-14-3-4-15(9-22)23(8-14)19(24)18-6-5-16(25-18)11-26-2/h5-6,12,14-15H,3-4,7-11H2,1-2H3,(H,20,21)/t14-,15+/m0/s1. The highest BCUT2D eigenvalue weighted by Gasteiger charge is 2.38. The molecule has 0 aliphatic carbocycles. The third-order valence-corrected chi connectivity index (χ3v) is 6.09. The van der Waals surface area contributed by atoms with Gasteiger partial charge in [0.25, 0.3) is 5.91 Å². The van der Waals surface area contributed by atoms with Crippen LogP contribution in [0.25, 0.3) is 0 Å². The summed E-state index contributed by atoms with van der Waals surface area (Å²) in [6, 6.07) is 4.01. The molecule has 0 radical (unpaired) electrons. The Morgan fingerprint density at radius 2 is 2.23 bits per heavy atom. The van der Waals surface area contributed by atoms with Crippen LogP contribution in [0.5, 0.6) is 0 Å². The van der Waals surface area contributed by atoms with Crippen LogP contribution in [-0.4, -0.2) is 57.6 Å². The molecule has 1 amide bonds. The largest absolute Gasteiger partial charge is 0.455 e. The van der Waals surface area contributed by atoms with Gasteiger partial charge in [-0.2, -0.15) is 11.8 Å². The number of aromatic amines is 1. The number of amides is 1. The van der Waals surface area contributed by atoms with E-state index in [0.29, 0.717) is 11.7 Å². The molecule has 3 aliphatic rings. The van der Waals surface area contributed by atoms with Crippen LogP contribution >= 0.6 is 11.8 Å². The number of aromatic nitrogens is 2. The molecule has 3 fully saturated rings. The SMILES string of the molecule is CSCc1ccc(C(=O)N2C[C@H]3CC[C@@H]2CN(Cc2nc[nH]c2C)C3)o1. The number of carbonyl (C=O) groups is 1. The van der Waals surface area contributed by atoms with Gasteiger partial charge >= 0.3 is 0 Å². The molecule has 0 aromatic carbocycles. The van der Waals surface area contributed by atoms with Crippen molar-refractivity contribution in [3.8, 4) is 0 Å². The zero-order valence-corrected chi connectivity index (χ0v) is 16.2. The molecular weight excluding hydrogens is 348 g/mol. The summed E-state index contributed by atoms with van der Waals surface area (Å²) in [6.45, 7) is 5.68. The maximum Gasteiger partial charge on any atom is 0.289 e. The van der Waals surface area contributed by atoms with Crippen LogP contribution in [0.15, 0.2) is 22.9 Å². The first-order chi connectivity index (χ1) is 12.6. The van der Waals surface area contributed by atoms with Gasteiger partial charge in [-0.25, -0.2) is 4.98 Å². The van der Waals surface area contributed by atoms with Gasteiger partial charge in [0.15, 0.2) is 5.76 Å². The lowest BCUT2D eigenvalue weighted by Gasteiger charge is -2.35. The molecule has 7 heteroatoms. The summed E-state index contributed by atoms with van der Waals surface area (Å²) < 4.78 is 5.78. The van der Waals surface area contributed by atoms with E-state index in [0.717, 1.165) is 55.5 Å². The van der Waals surface area contributed by atoms with E-state index in [-0.39, 0.29) is 11.9 Å². The van der Waals surface area contributed by atoms with E-state index >= 15 is 0 Å². The van der Waals surface area contributed by atoms with E-state index in [1.807, 2.05) is 23.3 Å². The van der Waals surface area contributed by atoms with E-state index in [9.17, 15) is 4.79 Å². The number of hydrogen-bond donors (Lipinski definition) is 1. The summed E-state index contributed by atoms with van der Waals surface area (Å²) in [7, 11) is 0. The van der Waals surface area contributed by atoms with Crippen LogP contribution < -0.4 is 0 Å². The fourth-order valence-electron chi connectivity index (χ4n) is 4.17. The summed E-state index contributed by atoms with van der Waals surface area (Å²) in [4.78, 5) is 25.1. The zero-order valence-electron chi connectivity index (χ0n) is 15.4. The second kappa shape index (κ2) is 7.48. The smallest absolute Gasteiger partial charge is 0.289 e. The molecule has 5 heterocycles. The molecule has 2 bridgehead atoms. The van der Waals surface area contributed by atoms with Gasteiger partial charge in [0.1, 0.15) is 5.76 Å². The lowest BCUT2D eigenvalue weighted by molar-refractivity contribution is 0.0551. The molecule has 2 aromatic heterocycles. The highest BCUT2D eigenvalue weighted by atomic mass is 32.2. The van der Waals surface area contributed by atoms with Gasteiger partial charge in [-0.05, 0) is 44.1 Å². The molecule has 3 aliphatic heterocycles. The molecule has 2 aromatic rings. The van der Waals surface area contributed by atoms with Gasteiger partial charge in [0, 0.05) is 37.9 Å². The minimum atomic E-state index is 0.0462. The number of aryl methyl sites for hydroxylation is 1. The molecule has 0 spiro atoms. The number of imidazole rings is 1. The number of nitrogens with zero attached hydrogens (tertiary/aromatic N) is 3. The Bertz CT molecular complexity index is 771. The first kappa shape index (κ1) is 17.7. The maximum atomic E-state index is 13.0. The van der Waals surface area contributed by atoms with Gasteiger partial charge in [-0.1, -0.05) is 0 Å². The predicted octanol–water partition coefficient (Wildman–Crippen LogP) is 2.91. The Kier molecular flexibility index (Phi) is 5.09. The van der Waals surface area contributed by atoms with E-state index < -0.39 is 0 Å². The molecule has 0 saturated carbocycles. The topological polar surface area (TPSA) is 65.4 Å². The fraction of sp³-hybridized carbons (Fsp3) is 0.579. The van der Waals surface area contributed by atoms with Gasteiger partial charge < -0.3 is 14.3 Å². The van der Waals surface area contributed by atoms with E-state index in [1.165, 1.54) is 6.42 Å². The number of hydrogen-bond acceptors (Lipinski definition) is 5. The molecular formula is C19H26N4O2S. The lowest BCUT2D eigenvalue weighted by atomic mass is 9.95. The van der Waals surface area contributed by atoms with Crippen molar-refractivity contribution in [3.05, 3.63) is 41.4 Å². The summed E-state index contributed by atoms with van der Waals surface area (Å²) in [5.41, 5.74) is 2.24. The van der Waals surface area contributed by atoms with Crippen LogP contribution in [0.2, 0.25) is 0 Å².